The van der Waals surface area contributed by atoms with Crippen molar-refractivity contribution in [3.05, 3.63) is 78.7 Å². The molecule has 1 heterocycles. The van der Waals surface area contributed by atoms with Crippen LogP contribution in [0.25, 0.3) is 0 Å². The lowest BCUT2D eigenvalue weighted by atomic mass is 9.71. The van der Waals surface area contributed by atoms with Crippen LogP contribution in [0.15, 0.2) is 52.9 Å². The molecule has 7 heteroatoms. The first-order valence-electron chi connectivity index (χ1n) is 14.2. The third-order valence-corrected chi connectivity index (χ3v) is 9.16. The second-order valence-electron chi connectivity index (χ2n) is 10.9. The predicted molar refractivity (Wildman–Crippen MR) is 164 cm³/mol. The molecule has 0 spiro atoms. The molecule has 0 fully saturated rings. The maximum absolute atomic E-state index is 13.6. The first-order chi connectivity index (χ1) is 19.3. The lowest BCUT2D eigenvalue weighted by Gasteiger charge is -2.44. The van der Waals surface area contributed by atoms with Gasteiger partial charge in [-0.1, -0.05) is 18.2 Å². The molecule has 5 rings (SSSR count). The van der Waals surface area contributed by atoms with E-state index in [2.05, 4.69) is 65.6 Å². The number of aryl methyl sites for hydroxylation is 2. The highest BCUT2D eigenvalue weighted by molar-refractivity contribution is 14.1. The highest BCUT2D eigenvalue weighted by Crippen LogP contribution is 2.50. The monoisotopic (exact) mass is 655 g/mol. The molecule has 2 aliphatic carbocycles. The largest absolute Gasteiger partial charge is 0.493 e. The van der Waals surface area contributed by atoms with Crippen LogP contribution in [-0.2, 0) is 20.9 Å². The molecule has 0 aromatic heterocycles. The lowest BCUT2D eigenvalue weighted by Crippen LogP contribution is -2.39. The van der Waals surface area contributed by atoms with Crippen LogP contribution in [0.2, 0.25) is 0 Å². The van der Waals surface area contributed by atoms with Crippen LogP contribution >= 0.6 is 22.6 Å². The van der Waals surface area contributed by atoms with Crippen LogP contribution in [0.1, 0.15) is 73.1 Å². The van der Waals surface area contributed by atoms with Crippen molar-refractivity contribution in [1.29, 1.82) is 0 Å². The summed E-state index contributed by atoms with van der Waals surface area (Å²) in [6, 6.07) is 10.4. The molecule has 0 saturated carbocycles. The van der Waals surface area contributed by atoms with Crippen molar-refractivity contribution in [3.8, 4) is 11.5 Å². The number of carbonyl (C=O) groups is 2. The summed E-state index contributed by atoms with van der Waals surface area (Å²) in [5, 5.41) is 0. The Labute approximate surface area is 250 Å². The van der Waals surface area contributed by atoms with E-state index >= 15 is 0 Å². The molecule has 0 saturated heterocycles. The van der Waals surface area contributed by atoms with E-state index in [1.807, 2.05) is 6.07 Å². The van der Waals surface area contributed by atoms with Gasteiger partial charge in [-0.2, -0.15) is 0 Å². The Morgan fingerprint density at radius 2 is 1.57 bits per heavy atom. The van der Waals surface area contributed by atoms with Crippen molar-refractivity contribution in [1.82, 2.24) is 4.90 Å². The first kappa shape index (κ1) is 28.9. The Morgan fingerprint density at radius 3 is 2.17 bits per heavy atom. The molecule has 0 bridgehead atoms. The molecule has 0 unspecified atom stereocenters. The molecule has 212 valence electrons. The van der Waals surface area contributed by atoms with Crippen molar-refractivity contribution in [3.63, 3.8) is 0 Å². The number of carbonyl (C=O) groups excluding carboxylic acids is 2. The van der Waals surface area contributed by atoms with Gasteiger partial charge in [0, 0.05) is 61.6 Å². The van der Waals surface area contributed by atoms with Crippen LogP contribution < -0.4 is 9.47 Å². The highest BCUT2D eigenvalue weighted by Gasteiger charge is 2.43. The molecule has 0 amide bonds. The number of ether oxygens (including phenoxy) is 3. The fraction of sp³-hybridized carbons (Fsp3) is 0.455. The number of rotatable bonds is 9. The SMILES string of the molecule is COCCCN1C2=C(C(=O)CCC2)C(c2cc(I)c(OCc3ccc(C)c(C)c3)c(OC)c2)C2=C1CCCC2=O. The van der Waals surface area contributed by atoms with Gasteiger partial charge in [0.15, 0.2) is 23.1 Å². The van der Waals surface area contributed by atoms with Crippen molar-refractivity contribution >= 4 is 34.2 Å². The smallest absolute Gasteiger partial charge is 0.174 e. The van der Waals surface area contributed by atoms with Crippen molar-refractivity contribution in [2.45, 2.75) is 71.3 Å². The number of allylic oxidation sites excluding steroid dienone is 4. The normalized spacial score (nSPS) is 17.8. The molecule has 2 aromatic rings. The predicted octanol–water partition coefficient (Wildman–Crippen LogP) is 6.95. The van der Waals surface area contributed by atoms with Crippen molar-refractivity contribution < 1.29 is 23.8 Å². The third-order valence-electron chi connectivity index (χ3n) is 8.36. The summed E-state index contributed by atoms with van der Waals surface area (Å²) in [6.07, 6.45) is 5.26. The van der Waals surface area contributed by atoms with E-state index < -0.39 is 0 Å². The zero-order valence-electron chi connectivity index (χ0n) is 23.9. The maximum atomic E-state index is 13.6. The quantitative estimate of drug-likeness (QED) is 0.215. The number of nitrogens with zero attached hydrogens (tertiary/aromatic N) is 1. The second kappa shape index (κ2) is 12.5. The minimum absolute atomic E-state index is 0.150. The summed E-state index contributed by atoms with van der Waals surface area (Å²) < 4.78 is 18.4. The molecular formula is C33H38INO5. The number of hydrogen-bond acceptors (Lipinski definition) is 6. The topological polar surface area (TPSA) is 65.1 Å². The van der Waals surface area contributed by atoms with E-state index in [1.54, 1.807) is 14.2 Å². The number of methoxy groups -OCH3 is 2. The Balaban J connectivity index is 1.56. The van der Waals surface area contributed by atoms with Gasteiger partial charge in [-0.25, -0.2) is 0 Å². The Kier molecular flexibility index (Phi) is 9.00. The number of Topliss-reactive ketones (excluding diaryl/α,β-unsaturated/α-hetero) is 2. The van der Waals surface area contributed by atoms with Crippen molar-refractivity contribution in [2.75, 3.05) is 27.4 Å². The molecule has 0 radical (unpaired) electrons. The van der Waals surface area contributed by atoms with Crippen LogP contribution in [0.5, 0.6) is 11.5 Å². The summed E-state index contributed by atoms with van der Waals surface area (Å²) in [5.74, 6) is 1.22. The first-order valence-corrected chi connectivity index (χ1v) is 15.3. The van der Waals surface area contributed by atoms with Gasteiger partial charge < -0.3 is 19.1 Å². The minimum Gasteiger partial charge on any atom is -0.493 e. The zero-order valence-corrected chi connectivity index (χ0v) is 26.1. The zero-order chi connectivity index (χ0) is 28.4. The molecule has 40 heavy (non-hydrogen) atoms. The van der Waals surface area contributed by atoms with Crippen molar-refractivity contribution in [2.24, 2.45) is 0 Å². The maximum Gasteiger partial charge on any atom is 0.174 e. The van der Waals surface area contributed by atoms with Crippen LogP contribution in [0.3, 0.4) is 0 Å². The summed E-state index contributed by atoms with van der Waals surface area (Å²) in [7, 11) is 3.35. The molecule has 1 aliphatic heterocycles. The van der Waals surface area contributed by atoms with E-state index in [4.69, 9.17) is 14.2 Å². The average Bonchev–Trinajstić information content (AvgIpc) is 2.94. The van der Waals surface area contributed by atoms with Gasteiger partial charge >= 0.3 is 0 Å². The number of halogens is 1. The van der Waals surface area contributed by atoms with Gasteiger partial charge in [-0.15, -0.1) is 0 Å². The molecule has 0 atom stereocenters. The van der Waals surface area contributed by atoms with Gasteiger partial charge in [0.2, 0.25) is 0 Å². The van der Waals surface area contributed by atoms with Crippen LogP contribution in [-0.4, -0.2) is 43.8 Å². The Hall–Kier alpha value is -2.65. The average molecular weight is 656 g/mol. The summed E-state index contributed by atoms with van der Waals surface area (Å²) in [5.41, 5.74) is 8.26. The van der Waals surface area contributed by atoms with E-state index in [0.29, 0.717) is 37.6 Å². The summed E-state index contributed by atoms with van der Waals surface area (Å²) >= 11 is 2.29. The lowest BCUT2D eigenvalue weighted by molar-refractivity contribution is -0.117. The Bertz CT molecular complexity index is 1350. The Morgan fingerprint density at radius 1 is 0.900 bits per heavy atom. The van der Waals surface area contributed by atoms with Crippen LogP contribution in [0.4, 0.5) is 0 Å². The standard InChI is InChI=1S/C33H38INO5/c1-20-12-13-22(16-21(20)2)19-40-33-24(34)17-23(18-29(33)39-4)30-31-25(8-5-10-27(31)36)35(14-7-15-38-3)26-9-6-11-28(37)32(26)30/h12-13,16-18,30H,5-11,14-15,19H2,1-4H3. The number of benzene rings is 2. The van der Waals surface area contributed by atoms with Gasteiger partial charge in [-0.3, -0.25) is 9.59 Å². The minimum atomic E-state index is -0.375. The molecular weight excluding hydrogens is 617 g/mol. The highest BCUT2D eigenvalue weighted by atomic mass is 127. The van der Waals surface area contributed by atoms with Gasteiger partial charge in [-0.05, 0) is 103 Å². The van der Waals surface area contributed by atoms with E-state index in [-0.39, 0.29) is 17.5 Å². The van der Waals surface area contributed by atoms with E-state index in [9.17, 15) is 9.59 Å². The summed E-state index contributed by atoms with van der Waals surface area (Å²) in [4.78, 5) is 29.5. The van der Waals surface area contributed by atoms with Crippen LogP contribution in [0, 0.1) is 17.4 Å². The van der Waals surface area contributed by atoms with Gasteiger partial charge in [0.05, 0.1) is 10.7 Å². The second-order valence-corrected chi connectivity index (χ2v) is 12.1. The van der Waals surface area contributed by atoms with E-state index in [1.165, 1.54) is 11.1 Å². The fourth-order valence-corrected chi connectivity index (χ4v) is 7.06. The summed E-state index contributed by atoms with van der Waals surface area (Å²) in [6.45, 7) is 6.03. The van der Waals surface area contributed by atoms with Gasteiger partial charge in [0.1, 0.15) is 6.61 Å². The van der Waals surface area contributed by atoms with E-state index in [0.717, 1.165) is 75.9 Å². The molecule has 2 aromatic carbocycles. The third kappa shape index (κ3) is 5.59. The number of hydrogen-bond donors (Lipinski definition) is 0. The molecule has 3 aliphatic rings. The fourth-order valence-electron chi connectivity index (χ4n) is 6.28. The number of ketones is 2. The molecule has 6 nitrogen and oxygen atoms in total. The van der Waals surface area contributed by atoms with Gasteiger partial charge in [0.25, 0.3) is 0 Å². The molecule has 0 N–H and O–H groups in total.